The molecule has 0 radical (unpaired) electrons. The Balaban J connectivity index is 2.50. The maximum absolute atomic E-state index is 13.5. The molecule has 3 nitrogen and oxygen atoms in total. The van der Waals surface area contributed by atoms with E-state index in [9.17, 15) is 26.7 Å². The summed E-state index contributed by atoms with van der Waals surface area (Å²) in [6, 6.07) is 4.40. The van der Waals surface area contributed by atoms with Crippen molar-refractivity contribution in [2.75, 3.05) is 0 Å². The van der Waals surface area contributed by atoms with Crippen molar-refractivity contribution in [1.29, 1.82) is 5.26 Å². The van der Waals surface area contributed by atoms with Gasteiger partial charge in [0, 0.05) is 17.8 Å². The Bertz CT molecular complexity index is 817. The number of aromatic nitrogens is 1. The molecule has 0 N–H and O–H groups in total. The molecular weight excluding hydrogens is 307 g/mol. The van der Waals surface area contributed by atoms with Crippen molar-refractivity contribution >= 4 is 0 Å². The first-order valence-electron chi connectivity index (χ1n) is 5.88. The fourth-order valence-corrected chi connectivity index (χ4v) is 1.88. The van der Waals surface area contributed by atoms with Crippen molar-refractivity contribution < 1.29 is 22.0 Å². The highest BCUT2D eigenvalue weighted by molar-refractivity contribution is 5.37. The molecule has 0 aliphatic rings. The Morgan fingerprint density at radius 2 is 1.86 bits per heavy atom. The normalized spacial score (nSPS) is 11.3. The average Bonchev–Trinajstić information content (AvgIpc) is 2.42. The fraction of sp³-hybridized carbons (Fsp3) is 0.143. The first kappa shape index (κ1) is 15.7. The van der Waals surface area contributed by atoms with Gasteiger partial charge in [-0.2, -0.15) is 18.4 Å². The third kappa shape index (κ3) is 2.98. The van der Waals surface area contributed by atoms with Gasteiger partial charge in [0.25, 0.3) is 5.56 Å². The van der Waals surface area contributed by atoms with Gasteiger partial charge in [-0.05, 0) is 12.1 Å². The van der Waals surface area contributed by atoms with Gasteiger partial charge in [0.1, 0.15) is 23.3 Å². The van der Waals surface area contributed by atoms with Gasteiger partial charge < -0.3 is 4.57 Å². The summed E-state index contributed by atoms with van der Waals surface area (Å²) in [6.45, 7) is -0.419. The summed E-state index contributed by atoms with van der Waals surface area (Å²) in [5.74, 6) is -1.76. The lowest BCUT2D eigenvalue weighted by molar-refractivity contribution is -0.137. The molecule has 0 spiro atoms. The van der Waals surface area contributed by atoms with Crippen molar-refractivity contribution in [3.8, 4) is 6.07 Å². The number of rotatable bonds is 2. The molecule has 2 aromatic rings. The van der Waals surface area contributed by atoms with E-state index >= 15 is 0 Å². The Labute approximate surface area is 120 Å². The maximum Gasteiger partial charge on any atom is 0.417 e. The molecule has 8 heteroatoms. The molecule has 1 heterocycles. The highest BCUT2D eigenvalue weighted by Gasteiger charge is 2.35. The topological polar surface area (TPSA) is 45.8 Å². The number of nitrogens with zero attached hydrogens (tertiary/aromatic N) is 2. The quantitative estimate of drug-likeness (QED) is 0.800. The molecular formula is C14H7F5N2O. The van der Waals surface area contributed by atoms with E-state index < -0.39 is 41.0 Å². The molecule has 0 saturated heterocycles. The van der Waals surface area contributed by atoms with E-state index in [1.165, 1.54) is 6.07 Å². The van der Waals surface area contributed by atoms with Crippen molar-refractivity contribution in [3.05, 3.63) is 69.1 Å². The monoisotopic (exact) mass is 314 g/mol. The van der Waals surface area contributed by atoms with Gasteiger partial charge in [-0.15, -0.1) is 0 Å². The third-order valence-electron chi connectivity index (χ3n) is 2.94. The first-order chi connectivity index (χ1) is 10.2. The molecule has 0 saturated carbocycles. The summed E-state index contributed by atoms with van der Waals surface area (Å²) in [5.41, 5.74) is -3.71. The minimum absolute atomic E-state index is 0.0906. The smallest absolute Gasteiger partial charge is 0.310 e. The van der Waals surface area contributed by atoms with Crippen LogP contribution in [0.15, 0.2) is 35.3 Å². The predicted octanol–water partition coefficient (Wildman–Crippen LogP) is 3.07. The summed E-state index contributed by atoms with van der Waals surface area (Å²) in [5, 5.41) is 8.76. The Hall–Kier alpha value is -2.69. The van der Waals surface area contributed by atoms with Gasteiger partial charge in [-0.25, -0.2) is 8.78 Å². The highest BCUT2D eigenvalue weighted by Crippen LogP contribution is 2.30. The minimum atomic E-state index is -4.84. The summed E-state index contributed by atoms with van der Waals surface area (Å²) < 4.78 is 65.1. The van der Waals surface area contributed by atoms with E-state index in [1.54, 1.807) is 0 Å². The van der Waals surface area contributed by atoms with Crippen LogP contribution in [-0.4, -0.2) is 4.57 Å². The number of hydrogen-bond acceptors (Lipinski definition) is 2. The molecule has 0 atom stereocenters. The van der Waals surface area contributed by atoms with E-state index in [1.807, 2.05) is 0 Å². The van der Waals surface area contributed by atoms with Crippen LogP contribution in [0.2, 0.25) is 0 Å². The molecule has 0 aliphatic carbocycles. The van der Waals surface area contributed by atoms with Crippen LogP contribution in [0.5, 0.6) is 0 Å². The Morgan fingerprint density at radius 3 is 2.41 bits per heavy atom. The summed E-state index contributed by atoms with van der Waals surface area (Å²) in [4.78, 5) is 11.9. The van der Waals surface area contributed by atoms with Crippen LogP contribution in [0.3, 0.4) is 0 Å². The van der Waals surface area contributed by atoms with Crippen LogP contribution in [-0.2, 0) is 12.7 Å². The second kappa shape index (κ2) is 5.60. The number of pyridine rings is 1. The fourth-order valence-electron chi connectivity index (χ4n) is 1.88. The van der Waals surface area contributed by atoms with Crippen molar-refractivity contribution in [3.63, 3.8) is 0 Å². The molecule has 114 valence electrons. The van der Waals surface area contributed by atoms with Crippen LogP contribution in [0.1, 0.15) is 16.7 Å². The lowest BCUT2D eigenvalue weighted by atomic mass is 10.1. The van der Waals surface area contributed by atoms with E-state index in [4.69, 9.17) is 5.26 Å². The van der Waals surface area contributed by atoms with E-state index in [-0.39, 0.29) is 5.56 Å². The van der Waals surface area contributed by atoms with E-state index in [0.717, 1.165) is 22.9 Å². The van der Waals surface area contributed by atoms with Crippen molar-refractivity contribution in [2.24, 2.45) is 0 Å². The zero-order valence-electron chi connectivity index (χ0n) is 10.8. The lowest BCUT2D eigenvalue weighted by Gasteiger charge is -2.12. The van der Waals surface area contributed by atoms with Crippen LogP contribution in [0, 0.1) is 23.0 Å². The average molecular weight is 314 g/mol. The maximum atomic E-state index is 13.5. The van der Waals surface area contributed by atoms with Gasteiger partial charge in [-0.1, -0.05) is 6.07 Å². The molecule has 1 aromatic heterocycles. The molecule has 1 aromatic carbocycles. The molecule has 0 amide bonds. The highest BCUT2D eigenvalue weighted by atomic mass is 19.4. The van der Waals surface area contributed by atoms with Gasteiger partial charge in [-0.3, -0.25) is 4.79 Å². The molecule has 0 fully saturated rings. The van der Waals surface area contributed by atoms with Gasteiger partial charge in [0.15, 0.2) is 0 Å². The van der Waals surface area contributed by atoms with Crippen LogP contribution in [0.4, 0.5) is 22.0 Å². The molecule has 0 unspecified atom stereocenters. The molecule has 0 aliphatic heterocycles. The standard InChI is InChI=1S/C14H7F5N2O/c15-9-2-1-8(12(16)5-9)7-21-4-3-11(14(17,18)19)10(6-20)13(21)22/h1-5H,7H2. The van der Waals surface area contributed by atoms with Crippen LogP contribution in [0.25, 0.3) is 0 Å². The van der Waals surface area contributed by atoms with E-state index in [2.05, 4.69) is 0 Å². The second-order valence-electron chi connectivity index (χ2n) is 4.38. The summed E-state index contributed by atoms with van der Waals surface area (Å²) >= 11 is 0. The van der Waals surface area contributed by atoms with E-state index in [0.29, 0.717) is 12.1 Å². The Morgan fingerprint density at radius 1 is 1.18 bits per heavy atom. The molecule has 22 heavy (non-hydrogen) atoms. The largest absolute Gasteiger partial charge is 0.417 e. The minimum Gasteiger partial charge on any atom is -0.310 e. The number of halogens is 5. The van der Waals surface area contributed by atoms with Crippen LogP contribution < -0.4 is 5.56 Å². The lowest BCUT2D eigenvalue weighted by Crippen LogP contribution is -2.26. The van der Waals surface area contributed by atoms with Crippen molar-refractivity contribution in [2.45, 2.75) is 12.7 Å². The zero-order chi connectivity index (χ0) is 16.5. The van der Waals surface area contributed by atoms with Crippen LogP contribution >= 0.6 is 0 Å². The van der Waals surface area contributed by atoms with Gasteiger partial charge in [0.2, 0.25) is 0 Å². The Kier molecular flexibility index (Phi) is 3.99. The van der Waals surface area contributed by atoms with Gasteiger partial charge in [0.05, 0.1) is 12.1 Å². The van der Waals surface area contributed by atoms with Gasteiger partial charge >= 0.3 is 6.18 Å². The zero-order valence-corrected chi connectivity index (χ0v) is 10.8. The SMILES string of the molecule is N#Cc1c(C(F)(F)F)ccn(Cc2ccc(F)cc2F)c1=O. The second-order valence-corrected chi connectivity index (χ2v) is 4.38. The number of benzene rings is 1. The van der Waals surface area contributed by atoms with Crippen molar-refractivity contribution in [1.82, 2.24) is 4.57 Å². The third-order valence-corrected chi connectivity index (χ3v) is 2.94. The first-order valence-corrected chi connectivity index (χ1v) is 5.88. The molecule has 2 rings (SSSR count). The summed E-state index contributed by atoms with van der Waals surface area (Å²) in [6.07, 6.45) is -4.03. The number of alkyl halides is 3. The summed E-state index contributed by atoms with van der Waals surface area (Å²) in [7, 11) is 0. The number of nitriles is 1. The number of hydrogen-bond donors (Lipinski definition) is 0. The predicted molar refractivity (Wildman–Crippen MR) is 65.9 cm³/mol. The molecule has 0 bridgehead atoms.